The van der Waals surface area contributed by atoms with Gasteiger partial charge in [-0.1, -0.05) is 132 Å². The van der Waals surface area contributed by atoms with Gasteiger partial charge in [0.1, 0.15) is 0 Å². The Morgan fingerprint density at radius 3 is 2.05 bits per heavy atom. The fourth-order valence-corrected chi connectivity index (χ4v) is 6.02. The quantitative estimate of drug-likeness (QED) is 0.230. The number of nitrogens with two attached hydrogens (primary N) is 1. The van der Waals surface area contributed by atoms with Crippen molar-refractivity contribution < 1.29 is 0 Å². The molecule has 0 amide bonds. The van der Waals surface area contributed by atoms with Crippen LogP contribution in [-0.2, 0) is 0 Å². The van der Waals surface area contributed by atoms with E-state index in [-0.39, 0.29) is 0 Å². The molecule has 1 heteroatoms. The molecule has 2 atom stereocenters. The highest BCUT2D eigenvalue weighted by Gasteiger charge is 2.16. The average molecular weight is 554 g/mol. The second kappa shape index (κ2) is 14.3. The van der Waals surface area contributed by atoms with Crippen LogP contribution >= 0.6 is 0 Å². The summed E-state index contributed by atoms with van der Waals surface area (Å²) in [6.07, 6.45) is 6.90. The normalized spacial score (nSPS) is 14.2. The van der Waals surface area contributed by atoms with Gasteiger partial charge in [0.2, 0.25) is 0 Å². The van der Waals surface area contributed by atoms with Gasteiger partial charge in [0.25, 0.3) is 0 Å². The summed E-state index contributed by atoms with van der Waals surface area (Å²) < 4.78 is 0. The minimum atomic E-state index is 0.542. The maximum absolute atomic E-state index is 4.50. The highest BCUT2D eigenvalue weighted by atomic mass is 14.4. The standard InChI is InChI=1S/C38H36.C2H6.CH5N/c1-5-25(2)33-10-6-7-11-37(33)38-24-31(14-13-27(38)4)29-17-15-28(16-18-29)30-19-22-35-32(23-30)20-21-34-26(3)9-8-12-36(34)35;2*1-2/h6-8,10-26H,5,9H2,1-4H3;1-2H3;2H2,1H3. The molecule has 1 nitrogen and oxygen atoms in total. The largest absolute Gasteiger partial charge is 0.333 e. The minimum Gasteiger partial charge on any atom is -0.333 e. The van der Waals surface area contributed by atoms with E-state index in [4.69, 9.17) is 0 Å². The molecule has 0 aliphatic heterocycles. The van der Waals surface area contributed by atoms with E-state index in [0.717, 1.165) is 12.8 Å². The van der Waals surface area contributed by atoms with Crippen molar-refractivity contribution in [3.63, 3.8) is 0 Å². The van der Waals surface area contributed by atoms with Crippen LogP contribution in [0.15, 0.2) is 103 Å². The monoisotopic (exact) mass is 553 g/mol. The molecule has 0 bridgehead atoms. The third-order valence-corrected chi connectivity index (χ3v) is 8.58. The van der Waals surface area contributed by atoms with Gasteiger partial charge in [0, 0.05) is 0 Å². The van der Waals surface area contributed by atoms with Crippen LogP contribution in [0, 0.1) is 6.92 Å². The van der Waals surface area contributed by atoms with Crippen molar-refractivity contribution in [3.05, 3.63) is 125 Å². The zero-order valence-corrected chi connectivity index (χ0v) is 26.5. The van der Waals surface area contributed by atoms with Gasteiger partial charge in [0.05, 0.1) is 0 Å². The smallest absolute Gasteiger partial charge is 0.0108 e. The van der Waals surface area contributed by atoms with Gasteiger partial charge in [-0.3, -0.25) is 0 Å². The molecule has 0 fully saturated rings. The Kier molecular flexibility index (Phi) is 10.6. The molecule has 2 N–H and O–H groups in total. The molecule has 0 aromatic heterocycles. The van der Waals surface area contributed by atoms with Crippen LogP contribution in [0.2, 0.25) is 0 Å². The van der Waals surface area contributed by atoms with Gasteiger partial charge in [-0.2, -0.15) is 0 Å². The molecule has 2 unspecified atom stereocenters. The maximum atomic E-state index is 4.50. The summed E-state index contributed by atoms with van der Waals surface area (Å²) in [5.74, 6) is 1.14. The lowest BCUT2D eigenvalue weighted by Crippen LogP contribution is -2.00. The Balaban J connectivity index is 0.000000972. The lowest BCUT2D eigenvalue weighted by molar-refractivity contribution is 0.735. The summed E-state index contributed by atoms with van der Waals surface area (Å²) in [6.45, 7) is 13.1. The number of hydrogen-bond donors (Lipinski definition) is 1. The molecule has 1 aliphatic rings. The van der Waals surface area contributed by atoms with Gasteiger partial charge in [-0.15, -0.1) is 0 Å². The molecule has 6 rings (SSSR count). The van der Waals surface area contributed by atoms with Crippen LogP contribution in [0.4, 0.5) is 0 Å². The van der Waals surface area contributed by atoms with Crippen molar-refractivity contribution in [1.29, 1.82) is 0 Å². The Bertz CT molecular complexity index is 1660. The fraction of sp³-hybridized carbons (Fsp3) is 0.268. The average Bonchev–Trinajstić information content (AvgIpc) is 3.06. The SMILES string of the molecule is CC.CCC(C)c1ccccc1-c1cc(-c2ccc(-c3ccc4c5c(ccc4c3)C(C)CC=C5)cc2)ccc1C.CN. The van der Waals surface area contributed by atoms with Crippen LogP contribution in [0.3, 0.4) is 0 Å². The molecule has 5 aromatic carbocycles. The van der Waals surface area contributed by atoms with Crippen LogP contribution in [0.1, 0.15) is 81.5 Å². The van der Waals surface area contributed by atoms with Crippen LogP contribution in [0.25, 0.3) is 50.2 Å². The Morgan fingerprint density at radius 1 is 0.738 bits per heavy atom. The molecule has 5 aromatic rings. The van der Waals surface area contributed by atoms with E-state index in [1.54, 1.807) is 0 Å². The van der Waals surface area contributed by atoms with Crippen molar-refractivity contribution in [3.8, 4) is 33.4 Å². The predicted octanol–water partition coefficient (Wildman–Crippen LogP) is 11.8. The number of fused-ring (bicyclic) bond motifs is 3. The summed E-state index contributed by atoms with van der Waals surface area (Å²) in [5.41, 5.74) is 17.9. The van der Waals surface area contributed by atoms with Crippen molar-refractivity contribution in [2.75, 3.05) is 7.05 Å². The zero-order chi connectivity index (χ0) is 30.2. The second-order valence-electron chi connectivity index (χ2n) is 11.0. The predicted molar refractivity (Wildman–Crippen MR) is 187 cm³/mol. The van der Waals surface area contributed by atoms with E-state index < -0.39 is 0 Å². The summed E-state index contributed by atoms with van der Waals surface area (Å²) in [4.78, 5) is 0. The number of benzene rings is 5. The highest BCUT2D eigenvalue weighted by molar-refractivity contribution is 5.95. The molecule has 0 radical (unpaired) electrons. The van der Waals surface area contributed by atoms with Crippen molar-refractivity contribution >= 4 is 16.8 Å². The van der Waals surface area contributed by atoms with E-state index in [0.29, 0.717) is 11.8 Å². The molecular weight excluding hydrogens is 506 g/mol. The number of rotatable bonds is 5. The molecule has 0 saturated heterocycles. The first-order valence-electron chi connectivity index (χ1n) is 15.6. The Morgan fingerprint density at radius 2 is 1.36 bits per heavy atom. The third-order valence-electron chi connectivity index (χ3n) is 8.58. The summed E-state index contributed by atoms with van der Waals surface area (Å²) in [6, 6.07) is 36.4. The van der Waals surface area contributed by atoms with Gasteiger partial charge in [0.15, 0.2) is 0 Å². The van der Waals surface area contributed by atoms with E-state index in [1.807, 2.05) is 13.8 Å². The minimum absolute atomic E-state index is 0.542. The summed E-state index contributed by atoms with van der Waals surface area (Å²) in [7, 11) is 1.50. The molecular formula is C41H47N. The molecule has 1 aliphatic carbocycles. The Labute approximate surface area is 254 Å². The highest BCUT2D eigenvalue weighted by Crippen LogP contribution is 2.38. The van der Waals surface area contributed by atoms with Gasteiger partial charge in [-0.25, -0.2) is 0 Å². The fourth-order valence-electron chi connectivity index (χ4n) is 6.02. The molecule has 216 valence electrons. The van der Waals surface area contributed by atoms with E-state index in [1.165, 1.54) is 73.5 Å². The third kappa shape index (κ3) is 6.27. The first-order chi connectivity index (χ1) is 20.5. The van der Waals surface area contributed by atoms with Gasteiger partial charge < -0.3 is 5.73 Å². The second-order valence-corrected chi connectivity index (χ2v) is 11.0. The summed E-state index contributed by atoms with van der Waals surface area (Å²) >= 11 is 0. The first-order valence-corrected chi connectivity index (χ1v) is 15.6. The maximum Gasteiger partial charge on any atom is -0.0108 e. The van der Waals surface area contributed by atoms with E-state index in [2.05, 4.69) is 143 Å². The molecule has 42 heavy (non-hydrogen) atoms. The number of hydrogen-bond acceptors (Lipinski definition) is 1. The Hall–Kier alpha value is -3.94. The van der Waals surface area contributed by atoms with E-state index in [9.17, 15) is 0 Å². The zero-order valence-electron chi connectivity index (χ0n) is 26.5. The van der Waals surface area contributed by atoms with Crippen LogP contribution in [0.5, 0.6) is 0 Å². The van der Waals surface area contributed by atoms with Crippen molar-refractivity contribution in [2.24, 2.45) is 5.73 Å². The lowest BCUT2D eigenvalue weighted by atomic mass is 9.85. The van der Waals surface area contributed by atoms with Gasteiger partial charge >= 0.3 is 0 Å². The van der Waals surface area contributed by atoms with Crippen molar-refractivity contribution in [1.82, 2.24) is 0 Å². The summed E-state index contributed by atoms with van der Waals surface area (Å²) in [5, 5.41) is 2.67. The lowest BCUT2D eigenvalue weighted by Gasteiger charge is -2.20. The topological polar surface area (TPSA) is 26.0 Å². The molecule has 0 heterocycles. The number of allylic oxidation sites excluding steroid dienone is 1. The van der Waals surface area contributed by atoms with E-state index >= 15 is 0 Å². The first kappa shape index (κ1) is 31.0. The van der Waals surface area contributed by atoms with Crippen LogP contribution < -0.4 is 5.73 Å². The van der Waals surface area contributed by atoms with Gasteiger partial charge in [-0.05, 0) is 117 Å². The van der Waals surface area contributed by atoms with Crippen LogP contribution in [-0.4, -0.2) is 7.05 Å². The molecule has 0 spiro atoms. The number of aryl methyl sites for hydroxylation is 1. The molecule has 0 saturated carbocycles. The van der Waals surface area contributed by atoms with Crippen molar-refractivity contribution in [2.45, 2.75) is 66.2 Å².